The zero-order chi connectivity index (χ0) is 24.0. The van der Waals surface area contributed by atoms with Crippen molar-refractivity contribution in [3.8, 4) is 0 Å². The molecule has 2 aromatic carbocycles. The van der Waals surface area contributed by atoms with Crippen molar-refractivity contribution in [3.63, 3.8) is 0 Å². The van der Waals surface area contributed by atoms with Crippen LogP contribution in [0.4, 0.5) is 5.69 Å². The fourth-order valence-corrected chi connectivity index (χ4v) is 4.40. The molecule has 0 fully saturated rings. The van der Waals surface area contributed by atoms with Crippen LogP contribution >= 0.6 is 62.5 Å². The van der Waals surface area contributed by atoms with Gasteiger partial charge in [-0.25, -0.2) is 0 Å². The number of thioether (sulfide) groups is 1. The van der Waals surface area contributed by atoms with E-state index in [1.54, 1.807) is 30.3 Å². The van der Waals surface area contributed by atoms with Gasteiger partial charge in [0.25, 0.3) is 5.91 Å². The summed E-state index contributed by atoms with van der Waals surface area (Å²) in [6.45, 7) is 2.97. The van der Waals surface area contributed by atoms with E-state index in [2.05, 4.69) is 36.8 Å². The quantitative estimate of drug-likeness (QED) is 0.311. The molecular weight excluding hydrogens is 573 g/mol. The van der Waals surface area contributed by atoms with Crippen LogP contribution in [0.2, 0.25) is 15.1 Å². The lowest BCUT2D eigenvalue weighted by atomic mass is 10.2. The summed E-state index contributed by atoms with van der Waals surface area (Å²) in [5.74, 6) is 0.448. The van der Waals surface area contributed by atoms with Gasteiger partial charge in [-0.1, -0.05) is 46.6 Å². The van der Waals surface area contributed by atoms with Gasteiger partial charge in [-0.05, 0) is 59.3 Å². The molecule has 2 N–H and O–H groups in total. The number of nitrogens with zero attached hydrogens (tertiary/aromatic N) is 3. The highest BCUT2D eigenvalue weighted by Gasteiger charge is 2.14. The molecule has 0 radical (unpaired) electrons. The number of carbonyl (C=O) groups is 2. The number of carbonyl (C=O) groups excluding carboxylic acids is 2. The maximum Gasteiger partial charge on any atom is 0.251 e. The van der Waals surface area contributed by atoms with Gasteiger partial charge in [-0.15, -0.1) is 10.2 Å². The summed E-state index contributed by atoms with van der Waals surface area (Å²) in [7, 11) is 0. The topological polar surface area (TPSA) is 88.9 Å². The van der Waals surface area contributed by atoms with E-state index in [9.17, 15) is 9.59 Å². The van der Waals surface area contributed by atoms with E-state index in [0.717, 1.165) is 10.3 Å². The molecule has 3 aromatic rings. The van der Waals surface area contributed by atoms with E-state index in [0.29, 0.717) is 51.0 Å². The molecule has 2 amide bonds. The Labute approximate surface area is 218 Å². The molecule has 0 atom stereocenters. The van der Waals surface area contributed by atoms with Crippen molar-refractivity contribution in [1.82, 2.24) is 20.1 Å². The molecule has 12 heteroatoms. The lowest BCUT2D eigenvalue weighted by molar-refractivity contribution is -0.113. The largest absolute Gasteiger partial charge is 0.352 e. The second kappa shape index (κ2) is 12.1. The lowest BCUT2D eigenvalue weighted by Crippen LogP contribution is -2.26. The van der Waals surface area contributed by atoms with Crippen molar-refractivity contribution >= 4 is 80.0 Å². The summed E-state index contributed by atoms with van der Waals surface area (Å²) in [6.07, 6.45) is 0.484. The van der Waals surface area contributed by atoms with Crippen molar-refractivity contribution in [2.24, 2.45) is 0 Å². The number of nitrogens with one attached hydrogen (secondary N) is 2. The normalized spacial score (nSPS) is 10.8. The summed E-state index contributed by atoms with van der Waals surface area (Å²) < 4.78 is 2.67. The van der Waals surface area contributed by atoms with Crippen LogP contribution in [0.5, 0.6) is 0 Å². The standard InChI is InChI=1S/C21H19BrCl3N5O2S/c1-2-30-18(7-8-26-20(32)12-3-6-15(23)17(25)9-12)28-29-21(30)33-11-19(31)27-13-4-5-14(22)16(24)10-13/h3-6,9-10H,2,7-8,11H2,1H3,(H,26,32)(H,27,31). The fraction of sp³-hybridized carbons (Fsp3) is 0.238. The van der Waals surface area contributed by atoms with Gasteiger partial charge in [0.1, 0.15) is 5.82 Å². The third-order valence-electron chi connectivity index (χ3n) is 4.46. The van der Waals surface area contributed by atoms with Crippen LogP contribution in [0.1, 0.15) is 23.1 Å². The van der Waals surface area contributed by atoms with Gasteiger partial charge in [0.15, 0.2) is 5.16 Å². The Balaban J connectivity index is 1.52. The third kappa shape index (κ3) is 7.10. The maximum absolute atomic E-state index is 12.3. The van der Waals surface area contributed by atoms with E-state index in [1.807, 2.05) is 11.5 Å². The van der Waals surface area contributed by atoms with Gasteiger partial charge in [0.2, 0.25) is 5.91 Å². The first kappa shape index (κ1) is 25.8. The second-order valence-corrected chi connectivity index (χ2v) is 9.76. The van der Waals surface area contributed by atoms with E-state index in [1.165, 1.54) is 17.8 Å². The Hall–Kier alpha value is -1.78. The van der Waals surface area contributed by atoms with Crippen LogP contribution in [0.3, 0.4) is 0 Å². The summed E-state index contributed by atoms with van der Waals surface area (Å²) in [5.41, 5.74) is 1.04. The molecule has 0 unspecified atom stereocenters. The molecule has 0 spiro atoms. The molecule has 0 aliphatic rings. The summed E-state index contributed by atoms with van der Waals surface area (Å²) in [4.78, 5) is 24.6. The monoisotopic (exact) mass is 589 g/mol. The molecule has 1 aromatic heterocycles. The highest BCUT2D eigenvalue weighted by Crippen LogP contribution is 2.26. The molecule has 7 nitrogen and oxygen atoms in total. The van der Waals surface area contributed by atoms with Crippen LogP contribution in [-0.4, -0.2) is 38.9 Å². The van der Waals surface area contributed by atoms with E-state index >= 15 is 0 Å². The van der Waals surface area contributed by atoms with Gasteiger partial charge in [0.05, 0.1) is 20.8 Å². The zero-order valence-corrected chi connectivity index (χ0v) is 22.0. The number of aromatic nitrogens is 3. The van der Waals surface area contributed by atoms with Gasteiger partial charge >= 0.3 is 0 Å². The average Bonchev–Trinajstić information content (AvgIpc) is 3.18. The first-order valence-electron chi connectivity index (χ1n) is 9.81. The van der Waals surface area contributed by atoms with Crippen molar-refractivity contribution in [1.29, 1.82) is 0 Å². The Morgan fingerprint density at radius 1 is 1.06 bits per heavy atom. The minimum Gasteiger partial charge on any atom is -0.352 e. The molecule has 0 aliphatic carbocycles. The van der Waals surface area contributed by atoms with Crippen LogP contribution in [0.25, 0.3) is 0 Å². The van der Waals surface area contributed by atoms with Gasteiger partial charge < -0.3 is 15.2 Å². The van der Waals surface area contributed by atoms with E-state index in [-0.39, 0.29) is 17.6 Å². The van der Waals surface area contributed by atoms with Crippen LogP contribution < -0.4 is 10.6 Å². The highest BCUT2D eigenvalue weighted by atomic mass is 79.9. The molecule has 33 heavy (non-hydrogen) atoms. The first-order valence-corrected chi connectivity index (χ1v) is 12.7. The van der Waals surface area contributed by atoms with Crippen molar-refractivity contribution in [3.05, 3.63) is 67.3 Å². The molecule has 0 saturated carbocycles. The highest BCUT2D eigenvalue weighted by molar-refractivity contribution is 9.10. The molecule has 0 aliphatic heterocycles. The SMILES string of the molecule is CCn1c(CCNC(=O)c2ccc(Cl)c(Cl)c2)nnc1SCC(=O)Nc1ccc(Br)c(Cl)c1. The minimum absolute atomic E-state index is 0.167. The molecule has 0 bridgehead atoms. The Bertz CT molecular complexity index is 1170. The first-order chi connectivity index (χ1) is 15.8. The number of anilines is 1. The van der Waals surface area contributed by atoms with Crippen molar-refractivity contribution < 1.29 is 9.59 Å². The van der Waals surface area contributed by atoms with Gasteiger partial charge in [-0.3, -0.25) is 9.59 Å². The fourth-order valence-electron chi connectivity index (χ4n) is 2.86. The average molecular weight is 592 g/mol. The molecule has 1 heterocycles. The molecule has 3 rings (SSSR count). The maximum atomic E-state index is 12.3. The van der Waals surface area contributed by atoms with Crippen LogP contribution in [0, 0.1) is 0 Å². The van der Waals surface area contributed by atoms with Crippen LogP contribution in [0.15, 0.2) is 46.0 Å². The number of halogens is 4. The van der Waals surface area contributed by atoms with Gasteiger partial charge in [0, 0.05) is 35.2 Å². The van der Waals surface area contributed by atoms with Crippen molar-refractivity contribution in [2.45, 2.75) is 25.0 Å². The van der Waals surface area contributed by atoms with Crippen LogP contribution in [-0.2, 0) is 17.8 Å². The number of hydrogen-bond acceptors (Lipinski definition) is 5. The Morgan fingerprint density at radius 2 is 1.85 bits per heavy atom. The lowest BCUT2D eigenvalue weighted by Gasteiger charge is -2.09. The number of benzene rings is 2. The minimum atomic E-state index is -0.254. The smallest absolute Gasteiger partial charge is 0.251 e. The number of rotatable bonds is 9. The van der Waals surface area contributed by atoms with Crippen molar-refractivity contribution in [2.75, 3.05) is 17.6 Å². The van der Waals surface area contributed by atoms with E-state index < -0.39 is 0 Å². The number of amides is 2. The second-order valence-electron chi connectivity index (χ2n) is 6.74. The predicted octanol–water partition coefficient (Wildman–Crippen LogP) is 5.72. The van der Waals surface area contributed by atoms with E-state index in [4.69, 9.17) is 34.8 Å². The summed E-state index contributed by atoms with van der Waals surface area (Å²) in [5, 5.41) is 15.9. The summed E-state index contributed by atoms with van der Waals surface area (Å²) in [6, 6.07) is 9.92. The predicted molar refractivity (Wildman–Crippen MR) is 137 cm³/mol. The molecule has 0 saturated heterocycles. The molecular formula is C21H19BrCl3N5O2S. The third-order valence-corrected chi connectivity index (χ3v) is 7.40. The number of hydrogen-bond donors (Lipinski definition) is 2. The van der Waals surface area contributed by atoms with Gasteiger partial charge in [-0.2, -0.15) is 0 Å². The zero-order valence-electron chi connectivity index (χ0n) is 17.4. The Morgan fingerprint density at radius 3 is 2.55 bits per heavy atom. The Kier molecular flexibility index (Phi) is 9.46. The summed E-state index contributed by atoms with van der Waals surface area (Å²) >= 11 is 22.5. The molecule has 174 valence electrons.